The van der Waals surface area contributed by atoms with Gasteiger partial charge in [0.25, 0.3) is 5.69 Å². The largest absolute Gasteiger partial charge is 0.376 e. The third-order valence-corrected chi connectivity index (χ3v) is 3.80. The molecular formula is C14H18N2O4. The summed E-state index contributed by atoms with van der Waals surface area (Å²) < 4.78 is 5.53. The minimum atomic E-state index is -0.526. The maximum atomic E-state index is 11.6. The number of carbonyl (C=O) groups is 1. The van der Waals surface area contributed by atoms with Gasteiger partial charge in [-0.1, -0.05) is 0 Å². The van der Waals surface area contributed by atoms with Gasteiger partial charge in [-0.15, -0.1) is 0 Å². The Morgan fingerprint density at radius 1 is 1.50 bits per heavy atom. The van der Waals surface area contributed by atoms with Crippen molar-refractivity contribution < 1.29 is 14.5 Å². The van der Waals surface area contributed by atoms with Crippen molar-refractivity contribution in [3.8, 4) is 0 Å². The molecule has 0 aromatic heterocycles. The van der Waals surface area contributed by atoms with Crippen LogP contribution < -0.4 is 4.90 Å². The van der Waals surface area contributed by atoms with E-state index < -0.39 is 4.92 Å². The van der Waals surface area contributed by atoms with E-state index in [0.29, 0.717) is 6.61 Å². The van der Waals surface area contributed by atoms with Crippen molar-refractivity contribution in [2.75, 3.05) is 18.6 Å². The number of ether oxygens (including phenoxy) is 1. The summed E-state index contributed by atoms with van der Waals surface area (Å²) >= 11 is 0. The number of likely N-dealkylation sites (N-methyl/N-ethyl adjacent to an activating group) is 1. The van der Waals surface area contributed by atoms with Gasteiger partial charge in [-0.2, -0.15) is 0 Å². The number of benzene rings is 1. The van der Waals surface area contributed by atoms with Gasteiger partial charge in [0, 0.05) is 25.4 Å². The third kappa shape index (κ3) is 2.65. The number of anilines is 1. The maximum Gasteiger partial charge on any atom is 0.280 e. The molecule has 0 spiro atoms. The first kappa shape index (κ1) is 14.5. The topological polar surface area (TPSA) is 72.7 Å². The molecule has 0 aliphatic carbocycles. The number of rotatable bonds is 4. The number of hydrogen-bond donors (Lipinski definition) is 0. The summed E-state index contributed by atoms with van der Waals surface area (Å²) in [6, 6.07) is 4.88. The van der Waals surface area contributed by atoms with E-state index in [-0.39, 0.29) is 29.2 Å². The fraction of sp³-hybridized carbons (Fsp3) is 0.500. The molecule has 2 unspecified atom stereocenters. The standard InChI is InChI=1S/C14H18N2O4/c1-9(17)12-8-11(4-5-14(12)16(18)19)15(3)13-6-7-20-10(13)2/h4-5,8,10,13H,6-7H2,1-3H3. The van der Waals surface area contributed by atoms with Crippen molar-refractivity contribution in [2.45, 2.75) is 32.4 Å². The van der Waals surface area contributed by atoms with Gasteiger partial charge in [0.15, 0.2) is 5.78 Å². The molecule has 2 rings (SSSR count). The highest BCUT2D eigenvalue weighted by molar-refractivity contribution is 5.99. The van der Waals surface area contributed by atoms with Crippen molar-refractivity contribution in [1.82, 2.24) is 0 Å². The Bertz CT molecular complexity index is 544. The van der Waals surface area contributed by atoms with E-state index in [0.717, 1.165) is 12.1 Å². The molecule has 1 fully saturated rings. The third-order valence-electron chi connectivity index (χ3n) is 3.80. The summed E-state index contributed by atoms with van der Waals surface area (Å²) in [5.74, 6) is -0.303. The van der Waals surface area contributed by atoms with Crippen LogP contribution in [0, 0.1) is 10.1 Å². The number of nitro benzene ring substituents is 1. The van der Waals surface area contributed by atoms with Crippen LogP contribution in [-0.2, 0) is 4.74 Å². The summed E-state index contributed by atoms with van der Waals surface area (Å²) in [6.07, 6.45) is 1.01. The lowest BCUT2D eigenvalue weighted by molar-refractivity contribution is -0.385. The van der Waals surface area contributed by atoms with Gasteiger partial charge >= 0.3 is 0 Å². The van der Waals surface area contributed by atoms with Crippen LogP contribution in [0.5, 0.6) is 0 Å². The lowest BCUT2D eigenvalue weighted by Gasteiger charge is -2.29. The summed E-state index contributed by atoms with van der Waals surface area (Å²) in [4.78, 5) is 24.0. The van der Waals surface area contributed by atoms with Gasteiger partial charge in [-0.25, -0.2) is 0 Å². The predicted molar refractivity (Wildman–Crippen MR) is 75.3 cm³/mol. The van der Waals surface area contributed by atoms with Crippen LogP contribution in [0.2, 0.25) is 0 Å². The minimum absolute atomic E-state index is 0.107. The number of ketones is 1. The fourth-order valence-electron chi connectivity index (χ4n) is 2.61. The van der Waals surface area contributed by atoms with Crippen molar-refractivity contribution >= 4 is 17.2 Å². The molecule has 1 saturated heterocycles. The van der Waals surface area contributed by atoms with Crippen molar-refractivity contribution in [3.63, 3.8) is 0 Å². The molecule has 0 saturated carbocycles. The number of nitro groups is 1. The van der Waals surface area contributed by atoms with Crippen molar-refractivity contribution in [3.05, 3.63) is 33.9 Å². The smallest absolute Gasteiger partial charge is 0.280 e. The molecule has 2 atom stereocenters. The molecule has 1 aliphatic heterocycles. The van der Waals surface area contributed by atoms with Crippen molar-refractivity contribution in [2.24, 2.45) is 0 Å². The quantitative estimate of drug-likeness (QED) is 0.480. The second kappa shape index (κ2) is 5.58. The van der Waals surface area contributed by atoms with Gasteiger partial charge in [0.1, 0.15) is 0 Å². The van der Waals surface area contributed by atoms with Gasteiger partial charge in [-0.3, -0.25) is 14.9 Å². The number of nitrogens with zero attached hydrogens (tertiary/aromatic N) is 2. The molecular weight excluding hydrogens is 260 g/mol. The Morgan fingerprint density at radius 2 is 2.20 bits per heavy atom. The lowest BCUT2D eigenvalue weighted by Crippen LogP contribution is -2.36. The lowest BCUT2D eigenvalue weighted by atomic mass is 10.1. The monoisotopic (exact) mass is 278 g/mol. The molecule has 1 aliphatic rings. The molecule has 108 valence electrons. The summed E-state index contributed by atoms with van der Waals surface area (Å²) in [5, 5.41) is 10.9. The zero-order chi connectivity index (χ0) is 14.9. The fourth-order valence-corrected chi connectivity index (χ4v) is 2.61. The minimum Gasteiger partial charge on any atom is -0.376 e. The Balaban J connectivity index is 2.35. The first-order valence-electron chi connectivity index (χ1n) is 6.55. The Kier molecular flexibility index (Phi) is 4.04. The summed E-state index contributed by atoms with van der Waals surface area (Å²) in [7, 11) is 1.92. The van der Waals surface area contributed by atoms with E-state index in [1.54, 1.807) is 12.1 Å². The predicted octanol–water partition coefficient (Wildman–Crippen LogP) is 2.41. The second-order valence-electron chi connectivity index (χ2n) is 5.06. The van der Waals surface area contributed by atoms with Gasteiger partial charge in [0.2, 0.25) is 0 Å². The highest BCUT2D eigenvalue weighted by atomic mass is 16.6. The number of carbonyl (C=O) groups excluding carboxylic acids is 1. The van der Waals surface area contributed by atoms with Crippen LogP contribution in [0.1, 0.15) is 30.6 Å². The normalized spacial score (nSPS) is 21.8. The van der Waals surface area contributed by atoms with Gasteiger partial charge < -0.3 is 9.64 Å². The molecule has 0 amide bonds. The van der Waals surface area contributed by atoms with E-state index in [1.807, 2.05) is 18.9 Å². The molecule has 6 heteroatoms. The zero-order valence-electron chi connectivity index (χ0n) is 11.8. The zero-order valence-corrected chi connectivity index (χ0v) is 11.8. The molecule has 6 nitrogen and oxygen atoms in total. The van der Waals surface area contributed by atoms with E-state index in [2.05, 4.69) is 0 Å². The van der Waals surface area contributed by atoms with Crippen LogP contribution in [0.15, 0.2) is 18.2 Å². The highest BCUT2D eigenvalue weighted by Crippen LogP contribution is 2.29. The Morgan fingerprint density at radius 3 is 2.70 bits per heavy atom. The van der Waals surface area contributed by atoms with Crippen LogP contribution in [0.4, 0.5) is 11.4 Å². The molecule has 0 bridgehead atoms. The number of hydrogen-bond acceptors (Lipinski definition) is 5. The molecule has 1 aromatic carbocycles. The van der Waals surface area contributed by atoms with E-state index in [4.69, 9.17) is 4.74 Å². The SMILES string of the molecule is CC(=O)c1cc(N(C)C2CCOC2C)ccc1[N+](=O)[O-]. The molecule has 0 radical (unpaired) electrons. The van der Waals surface area contributed by atoms with Crippen LogP contribution in [-0.4, -0.2) is 36.5 Å². The average Bonchev–Trinajstić information content (AvgIpc) is 2.83. The molecule has 1 aromatic rings. The van der Waals surface area contributed by atoms with Crippen LogP contribution in [0.3, 0.4) is 0 Å². The molecule has 20 heavy (non-hydrogen) atoms. The molecule has 1 heterocycles. The second-order valence-corrected chi connectivity index (χ2v) is 5.06. The maximum absolute atomic E-state index is 11.6. The van der Waals surface area contributed by atoms with E-state index in [1.165, 1.54) is 13.0 Å². The van der Waals surface area contributed by atoms with E-state index in [9.17, 15) is 14.9 Å². The van der Waals surface area contributed by atoms with Crippen LogP contribution in [0.25, 0.3) is 0 Å². The molecule has 0 N–H and O–H groups in total. The summed E-state index contributed by atoms with van der Waals surface area (Å²) in [5.41, 5.74) is 0.791. The first-order chi connectivity index (χ1) is 9.41. The van der Waals surface area contributed by atoms with Gasteiger partial charge in [0.05, 0.1) is 22.6 Å². The van der Waals surface area contributed by atoms with Crippen LogP contribution >= 0.6 is 0 Å². The summed E-state index contributed by atoms with van der Waals surface area (Å²) in [6.45, 7) is 4.06. The van der Waals surface area contributed by atoms with Crippen molar-refractivity contribution in [1.29, 1.82) is 0 Å². The Hall–Kier alpha value is -1.95. The first-order valence-corrected chi connectivity index (χ1v) is 6.55. The number of Topliss-reactive ketones (excluding diaryl/α,β-unsaturated/α-hetero) is 1. The highest BCUT2D eigenvalue weighted by Gasteiger charge is 2.29. The average molecular weight is 278 g/mol. The Labute approximate surface area is 117 Å². The van der Waals surface area contributed by atoms with Gasteiger partial charge in [-0.05, 0) is 32.4 Å². The van der Waals surface area contributed by atoms with E-state index >= 15 is 0 Å².